The lowest BCUT2D eigenvalue weighted by Gasteiger charge is -2.12. The number of amides is 1. The molecule has 1 fully saturated rings. The fraction of sp³-hybridized carbons (Fsp3) is 0.739. The number of pyridine rings is 1. The second-order valence-electron chi connectivity index (χ2n) is 8.37. The van der Waals surface area contributed by atoms with Crippen LogP contribution in [0, 0.1) is 6.92 Å². The van der Waals surface area contributed by atoms with Crippen LogP contribution in [0.15, 0.2) is 12.1 Å². The molecule has 0 spiro atoms. The van der Waals surface area contributed by atoms with Gasteiger partial charge >= 0.3 is 0 Å². The number of hydrogen-bond acceptors (Lipinski definition) is 2. The van der Waals surface area contributed by atoms with Gasteiger partial charge in [0, 0.05) is 18.2 Å². The first-order chi connectivity index (χ1) is 13.2. The van der Waals surface area contributed by atoms with E-state index in [1.54, 1.807) is 0 Å². The van der Waals surface area contributed by atoms with Crippen LogP contribution in [0.25, 0.3) is 0 Å². The van der Waals surface area contributed by atoms with E-state index in [2.05, 4.69) is 31.1 Å². The van der Waals surface area contributed by atoms with Crippen LogP contribution in [-0.2, 0) is 0 Å². The fourth-order valence-corrected chi connectivity index (χ4v) is 4.15. The lowest BCUT2D eigenvalue weighted by atomic mass is 9.98. The second-order valence-corrected chi connectivity index (χ2v) is 8.37. The maximum absolute atomic E-state index is 12.5. The lowest BCUT2D eigenvalue weighted by Crippen LogP contribution is -2.26. The van der Waals surface area contributed by atoms with Gasteiger partial charge in [-0.15, -0.1) is 0 Å². The summed E-state index contributed by atoms with van der Waals surface area (Å²) in [4.78, 5) is 17.1. The van der Waals surface area contributed by atoms with Crippen molar-refractivity contribution in [3.05, 3.63) is 29.1 Å². The van der Waals surface area contributed by atoms with E-state index in [1.807, 2.05) is 6.07 Å². The molecular formula is C23H39BN2O. The van der Waals surface area contributed by atoms with Crippen LogP contribution in [-0.4, -0.2) is 25.3 Å². The first kappa shape index (κ1) is 22.0. The molecule has 1 saturated carbocycles. The molecule has 0 radical (unpaired) electrons. The summed E-state index contributed by atoms with van der Waals surface area (Å²) >= 11 is 0. The van der Waals surface area contributed by atoms with Crippen molar-refractivity contribution >= 4 is 13.8 Å². The highest BCUT2D eigenvalue weighted by atomic mass is 16.1. The van der Waals surface area contributed by atoms with Gasteiger partial charge in [0.15, 0.2) is 0 Å². The minimum atomic E-state index is -0.00567. The molecule has 0 saturated heterocycles. The average Bonchev–Trinajstić information content (AvgIpc) is 3.20. The molecule has 1 aliphatic carbocycles. The summed E-state index contributed by atoms with van der Waals surface area (Å²) in [6, 6.07) is 4.08. The molecule has 0 bridgehead atoms. The first-order valence-corrected chi connectivity index (χ1v) is 11.5. The van der Waals surface area contributed by atoms with Crippen molar-refractivity contribution in [2.75, 3.05) is 6.54 Å². The van der Waals surface area contributed by atoms with Crippen LogP contribution < -0.4 is 5.32 Å². The standard InChI is InChI=1S/C23H39BN2O/c1-19-17-21(20-13-9-10-14-20)26-22(18-19)23(27)25-16-12-8-6-4-2-3-5-7-11-15-24/h17-18,20H,2-16,24H2,1H3,(H,25,27). The summed E-state index contributed by atoms with van der Waals surface area (Å²) in [5, 5.41) is 3.07. The third kappa shape index (κ3) is 8.49. The monoisotopic (exact) mass is 370 g/mol. The summed E-state index contributed by atoms with van der Waals surface area (Å²) in [5.41, 5.74) is 2.87. The second kappa shape index (κ2) is 13.0. The van der Waals surface area contributed by atoms with Crippen LogP contribution in [0.3, 0.4) is 0 Å². The number of rotatable bonds is 13. The predicted molar refractivity (Wildman–Crippen MR) is 117 cm³/mol. The molecule has 0 aromatic carbocycles. The highest BCUT2D eigenvalue weighted by Gasteiger charge is 2.20. The van der Waals surface area contributed by atoms with Crippen molar-refractivity contribution < 1.29 is 4.79 Å². The highest BCUT2D eigenvalue weighted by molar-refractivity contribution is 6.08. The molecule has 1 aromatic rings. The van der Waals surface area contributed by atoms with E-state index in [4.69, 9.17) is 0 Å². The van der Waals surface area contributed by atoms with E-state index in [1.165, 1.54) is 83.4 Å². The Balaban J connectivity index is 1.59. The maximum Gasteiger partial charge on any atom is 0.269 e. The van der Waals surface area contributed by atoms with Crippen LogP contribution in [0.1, 0.15) is 111 Å². The third-order valence-corrected chi connectivity index (χ3v) is 5.81. The van der Waals surface area contributed by atoms with Gasteiger partial charge in [-0.2, -0.15) is 0 Å². The Hall–Kier alpha value is -1.32. The van der Waals surface area contributed by atoms with E-state index in [0.717, 1.165) is 24.2 Å². The molecule has 1 amide bonds. The van der Waals surface area contributed by atoms with Crippen molar-refractivity contribution in [2.24, 2.45) is 0 Å². The van der Waals surface area contributed by atoms with Crippen LogP contribution in [0.4, 0.5) is 0 Å². The van der Waals surface area contributed by atoms with Gasteiger partial charge in [0.05, 0.1) is 0 Å². The topological polar surface area (TPSA) is 42.0 Å². The average molecular weight is 370 g/mol. The number of nitrogens with zero attached hydrogens (tertiary/aromatic N) is 1. The Labute approximate surface area is 167 Å². The van der Waals surface area contributed by atoms with Gasteiger partial charge in [-0.05, 0) is 43.9 Å². The zero-order chi connectivity index (χ0) is 19.3. The van der Waals surface area contributed by atoms with Gasteiger partial charge < -0.3 is 5.32 Å². The largest absolute Gasteiger partial charge is 0.351 e. The Kier molecular flexibility index (Phi) is 10.6. The molecule has 2 rings (SSSR count). The minimum Gasteiger partial charge on any atom is -0.351 e. The minimum absolute atomic E-state index is 0.00567. The Morgan fingerprint density at radius 1 is 1.00 bits per heavy atom. The summed E-state index contributed by atoms with van der Waals surface area (Å²) in [6.07, 6.45) is 18.2. The SMILES string of the molecule is BCCCCCCCCCCCNC(=O)c1cc(C)cc(C2CCCC2)n1. The first-order valence-electron chi connectivity index (χ1n) is 11.5. The molecule has 1 N–H and O–H groups in total. The number of carbonyl (C=O) groups excluding carboxylic acids is 1. The maximum atomic E-state index is 12.5. The summed E-state index contributed by atoms with van der Waals surface area (Å²) in [7, 11) is 2.27. The zero-order valence-electron chi connectivity index (χ0n) is 17.7. The Morgan fingerprint density at radius 2 is 1.59 bits per heavy atom. The van der Waals surface area contributed by atoms with Crippen molar-refractivity contribution in [1.29, 1.82) is 0 Å². The molecule has 1 aromatic heterocycles. The van der Waals surface area contributed by atoms with Gasteiger partial charge in [-0.3, -0.25) is 4.79 Å². The van der Waals surface area contributed by atoms with Crippen LogP contribution in [0.2, 0.25) is 6.32 Å². The van der Waals surface area contributed by atoms with E-state index < -0.39 is 0 Å². The third-order valence-electron chi connectivity index (χ3n) is 5.81. The Bertz CT molecular complexity index is 555. The predicted octanol–water partition coefficient (Wildman–Crippen LogP) is 5.34. The zero-order valence-corrected chi connectivity index (χ0v) is 17.7. The molecular weight excluding hydrogens is 331 g/mol. The van der Waals surface area contributed by atoms with Gasteiger partial charge in [0.25, 0.3) is 5.91 Å². The molecule has 1 aliphatic rings. The summed E-state index contributed by atoms with van der Waals surface area (Å²) in [6.45, 7) is 2.84. The smallest absolute Gasteiger partial charge is 0.269 e. The van der Waals surface area contributed by atoms with E-state index in [9.17, 15) is 4.79 Å². The van der Waals surface area contributed by atoms with Crippen LogP contribution in [0.5, 0.6) is 0 Å². The molecule has 1 heterocycles. The highest BCUT2D eigenvalue weighted by Crippen LogP contribution is 2.33. The van der Waals surface area contributed by atoms with Crippen molar-refractivity contribution in [2.45, 2.75) is 103 Å². The molecule has 0 atom stereocenters. The fourth-order valence-electron chi connectivity index (χ4n) is 4.15. The van der Waals surface area contributed by atoms with Gasteiger partial charge in [-0.25, -0.2) is 4.98 Å². The summed E-state index contributed by atoms with van der Waals surface area (Å²) < 4.78 is 0. The normalized spacial score (nSPS) is 14.6. The Morgan fingerprint density at radius 3 is 2.22 bits per heavy atom. The van der Waals surface area contributed by atoms with Crippen LogP contribution >= 0.6 is 0 Å². The number of hydrogen-bond donors (Lipinski definition) is 1. The van der Waals surface area contributed by atoms with E-state index in [0.29, 0.717) is 11.6 Å². The van der Waals surface area contributed by atoms with Gasteiger partial charge in [0.2, 0.25) is 0 Å². The molecule has 4 heteroatoms. The number of unbranched alkanes of at least 4 members (excludes halogenated alkanes) is 8. The van der Waals surface area contributed by atoms with E-state index >= 15 is 0 Å². The molecule has 27 heavy (non-hydrogen) atoms. The molecule has 3 nitrogen and oxygen atoms in total. The van der Waals surface area contributed by atoms with Crippen molar-refractivity contribution in [1.82, 2.24) is 10.3 Å². The van der Waals surface area contributed by atoms with Crippen molar-refractivity contribution in [3.63, 3.8) is 0 Å². The van der Waals surface area contributed by atoms with E-state index in [-0.39, 0.29) is 5.91 Å². The molecule has 0 aliphatic heterocycles. The summed E-state index contributed by atoms with van der Waals surface area (Å²) in [5.74, 6) is 0.548. The number of aromatic nitrogens is 1. The van der Waals surface area contributed by atoms with Gasteiger partial charge in [0.1, 0.15) is 13.5 Å². The lowest BCUT2D eigenvalue weighted by molar-refractivity contribution is 0.0947. The van der Waals surface area contributed by atoms with Gasteiger partial charge in [-0.1, -0.05) is 70.5 Å². The molecule has 150 valence electrons. The number of carbonyl (C=O) groups is 1. The molecule has 0 unspecified atom stereocenters. The number of nitrogens with one attached hydrogen (secondary N) is 1. The number of aryl methyl sites for hydroxylation is 1. The quantitative estimate of drug-likeness (QED) is 0.376. The van der Waals surface area contributed by atoms with Crippen molar-refractivity contribution in [3.8, 4) is 0 Å².